The van der Waals surface area contributed by atoms with Crippen molar-refractivity contribution in [3.8, 4) is 6.07 Å². The lowest BCUT2D eigenvalue weighted by molar-refractivity contribution is 0.431. The SMILES string of the molecule is CC(C)c1c(CC#N)nnn1C1CCCC1. The number of hydrogen-bond donors (Lipinski definition) is 0. The zero-order valence-corrected chi connectivity index (χ0v) is 9.98. The van der Waals surface area contributed by atoms with Crippen molar-refractivity contribution in [2.45, 2.75) is 57.9 Å². The molecular formula is C12H18N4. The lowest BCUT2D eigenvalue weighted by Crippen LogP contribution is -2.12. The standard InChI is InChI=1S/C12H18N4/c1-9(2)12-11(7-8-13)14-15-16(12)10-5-3-4-6-10/h9-10H,3-7H2,1-2H3. The molecular weight excluding hydrogens is 200 g/mol. The van der Waals surface area contributed by atoms with Crippen LogP contribution in [0.25, 0.3) is 0 Å². The number of rotatable bonds is 3. The Morgan fingerprint density at radius 1 is 1.44 bits per heavy atom. The van der Waals surface area contributed by atoms with Gasteiger partial charge in [0.25, 0.3) is 0 Å². The van der Waals surface area contributed by atoms with E-state index in [1.807, 2.05) is 0 Å². The normalized spacial score (nSPS) is 16.9. The maximum Gasteiger partial charge on any atom is 0.100 e. The van der Waals surface area contributed by atoms with Crippen molar-refractivity contribution >= 4 is 0 Å². The van der Waals surface area contributed by atoms with Gasteiger partial charge < -0.3 is 0 Å². The quantitative estimate of drug-likeness (QED) is 0.783. The lowest BCUT2D eigenvalue weighted by Gasteiger charge is -2.15. The van der Waals surface area contributed by atoms with Crippen molar-refractivity contribution in [1.82, 2.24) is 15.0 Å². The highest BCUT2D eigenvalue weighted by molar-refractivity contribution is 5.18. The van der Waals surface area contributed by atoms with Crippen molar-refractivity contribution in [2.75, 3.05) is 0 Å². The van der Waals surface area contributed by atoms with E-state index >= 15 is 0 Å². The maximum absolute atomic E-state index is 8.77. The molecule has 0 unspecified atom stereocenters. The van der Waals surface area contributed by atoms with Gasteiger partial charge >= 0.3 is 0 Å². The number of aromatic nitrogens is 3. The number of hydrogen-bond acceptors (Lipinski definition) is 3. The predicted molar refractivity (Wildman–Crippen MR) is 60.9 cm³/mol. The van der Waals surface area contributed by atoms with E-state index in [0.717, 1.165) is 11.4 Å². The second-order valence-corrected chi connectivity index (χ2v) is 4.79. The van der Waals surface area contributed by atoms with Crippen molar-refractivity contribution in [3.05, 3.63) is 11.4 Å². The summed E-state index contributed by atoms with van der Waals surface area (Å²) in [5.41, 5.74) is 2.03. The zero-order valence-electron chi connectivity index (χ0n) is 9.98. The Kier molecular flexibility index (Phi) is 3.23. The van der Waals surface area contributed by atoms with Crippen LogP contribution in [0.15, 0.2) is 0 Å². The Morgan fingerprint density at radius 2 is 2.12 bits per heavy atom. The Labute approximate surface area is 96.3 Å². The highest BCUT2D eigenvalue weighted by Gasteiger charge is 2.24. The van der Waals surface area contributed by atoms with Crippen LogP contribution in [-0.2, 0) is 6.42 Å². The minimum Gasteiger partial charge on any atom is -0.246 e. The van der Waals surface area contributed by atoms with Gasteiger partial charge in [-0.25, -0.2) is 4.68 Å². The van der Waals surface area contributed by atoms with Gasteiger partial charge in [0.05, 0.1) is 24.2 Å². The highest BCUT2D eigenvalue weighted by Crippen LogP contribution is 2.32. The van der Waals surface area contributed by atoms with Crippen LogP contribution in [0.3, 0.4) is 0 Å². The van der Waals surface area contributed by atoms with Crippen LogP contribution >= 0.6 is 0 Å². The topological polar surface area (TPSA) is 54.5 Å². The van der Waals surface area contributed by atoms with Crippen molar-refractivity contribution in [1.29, 1.82) is 5.26 Å². The molecule has 1 aromatic rings. The van der Waals surface area contributed by atoms with Gasteiger partial charge in [0, 0.05) is 0 Å². The molecule has 0 atom stereocenters. The maximum atomic E-state index is 8.77. The van der Waals surface area contributed by atoms with E-state index in [0.29, 0.717) is 18.4 Å². The predicted octanol–water partition coefficient (Wildman–Crippen LogP) is 2.58. The third-order valence-electron chi connectivity index (χ3n) is 3.27. The van der Waals surface area contributed by atoms with Gasteiger partial charge in [-0.3, -0.25) is 0 Å². The first-order chi connectivity index (χ1) is 7.74. The molecule has 0 amide bonds. The average Bonchev–Trinajstić information content (AvgIpc) is 2.83. The monoisotopic (exact) mass is 218 g/mol. The van der Waals surface area contributed by atoms with E-state index < -0.39 is 0 Å². The molecule has 0 radical (unpaired) electrons. The summed E-state index contributed by atoms with van der Waals surface area (Å²) in [6, 6.07) is 2.68. The summed E-state index contributed by atoms with van der Waals surface area (Å²) in [6.07, 6.45) is 5.36. The molecule has 1 saturated carbocycles. The van der Waals surface area contributed by atoms with E-state index in [2.05, 4.69) is 34.9 Å². The molecule has 0 aromatic carbocycles. The van der Waals surface area contributed by atoms with Gasteiger partial charge in [0.2, 0.25) is 0 Å². The summed E-state index contributed by atoms with van der Waals surface area (Å²) in [5, 5.41) is 17.2. The minimum atomic E-state index is 0.375. The fourth-order valence-electron chi connectivity index (χ4n) is 2.55. The van der Waals surface area contributed by atoms with Gasteiger partial charge in [-0.2, -0.15) is 5.26 Å². The molecule has 1 aliphatic carbocycles. The van der Waals surface area contributed by atoms with Gasteiger partial charge in [-0.05, 0) is 18.8 Å². The Morgan fingerprint density at radius 3 is 2.69 bits per heavy atom. The van der Waals surface area contributed by atoms with E-state index in [4.69, 9.17) is 5.26 Å². The van der Waals surface area contributed by atoms with E-state index in [-0.39, 0.29) is 0 Å². The Balaban J connectivity index is 2.33. The zero-order chi connectivity index (χ0) is 11.5. The summed E-state index contributed by atoms with van der Waals surface area (Å²) < 4.78 is 2.07. The van der Waals surface area contributed by atoms with Crippen LogP contribution in [0.2, 0.25) is 0 Å². The van der Waals surface area contributed by atoms with Crippen molar-refractivity contribution < 1.29 is 0 Å². The summed E-state index contributed by atoms with van der Waals surface area (Å²) >= 11 is 0. The molecule has 16 heavy (non-hydrogen) atoms. The molecule has 1 aliphatic rings. The van der Waals surface area contributed by atoms with Gasteiger partial charge in [-0.15, -0.1) is 5.10 Å². The lowest BCUT2D eigenvalue weighted by atomic mass is 10.1. The van der Waals surface area contributed by atoms with E-state index in [1.54, 1.807) is 0 Å². The molecule has 0 N–H and O–H groups in total. The first-order valence-electron chi connectivity index (χ1n) is 6.05. The molecule has 0 spiro atoms. The molecule has 1 aromatic heterocycles. The van der Waals surface area contributed by atoms with Gasteiger partial charge in [0.15, 0.2) is 0 Å². The van der Waals surface area contributed by atoms with Gasteiger partial charge in [-0.1, -0.05) is 31.9 Å². The van der Waals surface area contributed by atoms with Crippen LogP contribution in [0.5, 0.6) is 0 Å². The molecule has 0 bridgehead atoms. The number of nitriles is 1. The molecule has 4 nitrogen and oxygen atoms in total. The van der Waals surface area contributed by atoms with Crippen LogP contribution in [0.1, 0.15) is 62.9 Å². The highest BCUT2D eigenvalue weighted by atomic mass is 15.4. The third-order valence-corrected chi connectivity index (χ3v) is 3.27. The molecule has 2 rings (SSSR count). The molecule has 86 valence electrons. The fourth-order valence-corrected chi connectivity index (χ4v) is 2.55. The molecule has 0 aliphatic heterocycles. The minimum absolute atomic E-state index is 0.375. The second kappa shape index (κ2) is 4.65. The average molecular weight is 218 g/mol. The first kappa shape index (κ1) is 11.1. The van der Waals surface area contributed by atoms with Crippen LogP contribution < -0.4 is 0 Å². The summed E-state index contributed by atoms with van der Waals surface area (Å²) in [7, 11) is 0. The smallest absolute Gasteiger partial charge is 0.100 e. The van der Waals surface area contributed by atoms with Crippen LogP contribution in [0, 0.1) is 11.3 Å². The van der Waals surface area contributed by atoms with Crippen molar-refractivity contribution in [2.24, 2.45) is 0 Å². The van der Waals surface area contributed by atoms with E-state index in [9.17, 15) is 0 Å². The van der Waals surface area contributed by atoms with Gasteiger partial charge in [0.1, 0.15) is 5.69 Å². The summed E-state index contributed by atoms with van der Waals surface area (Å²) in [5.74, 6) is 0.388. The second-order valence-electron chi connectivity index (χ2n) is 4.79. The van der Waals surface area contributed by atoms with E-state index in [1.165, 1.54) is 25.7 Å². The Hall–Kier alpha value is -1.37. The molecule has 1 heterocycles. The molecule has 0 saturated heterocycles. The van der Waals surface area contributed by atoms with Crippen molar-refractivity contribution in [3.63, 3.8) is 0 Å². The van der Waals surface area contributed by atoms with Crippen LogP contribution in [-0.4, -0.2) is 15.0 Å². The molecule has 1 fully saturated rings. The fraction of sp³-hybridized carbons (Fsp3) is 0.750. The molecule has 4 heteroatoms. The number of nitrogens with zero attached hydrogens (tertiary/aromatic N) is 4. The Bertz CT molecular complexity index is 394. The largest absolute Gasteiger partial charge is 0.246 e. The van der Waals surface area contributed by atoms with Crippen LogP contribution in [0.4, 0.5) is 0 Å². The summed E-state index contributed by atoms with van der Waals surface area (Å²) in [6.45, 7) is 4.29. The third kappa shape index (κ3) is 1.95. The first-order valence-corrected chi connectivity index (χ1v) is 6.05. The summed E-state index contributed by atoms with van der Waals surface area (Å²) in [4.78, 5) is 0.